The van der Waals surface area contributed by atoms with Gasteiger partial charge in [-0.1, -0.05) is 54.6 Å². The van der Waals surface area contributed by atoms with Gasteiger partial charge in [0.25, 0.3) is 0 Å². The number of para-hydroxylation sites is 1. The maximum Gasteiger partial charge on any atom is 0.227 e. The number of amides is 2. The minimum atomic E-state index is -0.229. The fourth-order valence-corrected chi connectivity index (χ4v) is 3.01. The number of carbonyl (C=O) groups excluding carboxylic acids is 2. The summed E-state index contributed by atoms with van der Waals surface area (Å²) in [7, 11) is 0. The molecule has 0 bridgehead atoms. The maximum absolute atomic E-state index is 12.9. The van der Waals surface area contributed by atoms with Crippen molar-refractivity contribution < 1.29 is 14.7 Å². The van der Waals surface area contributed by atoms with Gasteiger partial charge in [-0.25, -0.2) is 0 Å². The molecule has 1 aliphatic heterocycles. The third kappa shape index (κ3) is 4.18. The van der Waals surface area contributed by atoms with Crippen molar-refractivity contribution in [3.8, 4) is 0 Å². The number of fused-ring (bicyclic) bond motifs is 2. The Balaban J connectivity index is 1.84. The van der Waals surface area contributed by atoms with Gasteiger partial charge in [0.15, 0.2) is 0 Å². The van der Waals surface area contributed by atoms with E-state index in [4.69, 9.17) is 5.11 Å². The van der Waals surface area contributed by atoms with Gasteiger partial charge in [0.1, 0.15) is 0 Å². The highest BCUT2D eigenvalue weighted by Crippen LogP contribution is 2.29. The smallest absolute Gasteiger partial charge is 0.227 e. The summed E-state index contributed by atoms with van der Waals surface area (Å²) >= 11 is 0. The van der Waals surface area contributed by atoms with E-state index in [1.807, 2.05) is 54.6 Å². The lowest BCUT2D eigenvalue weighted by Gasteiger charge is -2.27. The molecule has 3 rings (SSSR count). The van der Waals surface area contributed by atoms with E-state index in [2.05, 4.69) is 11.4 Å². The third-order valence-electron chi connectivity index (χ3n) is 4.35. The topological polar surface area (TPSA) is 69.6 Å². The van der Waals surface area contributed by atoms with Crippen molar-refractivity contribution in [1.82, 2.24) is 5.32 Å². The van der Waals surface area contributed by atoms with E-state index < -0.39 is 0 Å². The SMILES string of the molecule is O=C(CCC(=O)N1Cc2ccccc2/C=C\c2ccccc21)NCCO. The molecule has 0 atom stereocenters. The molecule has 2 aromatic rings. The van der Waals surface area contributed by atoms with Crippen LogP contribution in [0.25, 0.3) is 12.2 Å². The first kappa shape index (κ1) is 17.9. The van der Waals surface area contributed by atoms with Crippen LogP contribution < -0.4 is 10.2 Å². The zero-order valence-corrected chi connectivity index (χ0v) is 14.5. The molecule has 26 heavy (non-hydrogen) atoms. The summed E-state index contributed by atoms with van der Waals surface area (Å²) < 4.78 is 0. The number of carbonyl (C=O) groups is 2. The number of nitrogens with one attached hydrogen (secondary N) is 1. The van der Waals surface area contributed by atoms with Gasteiger partial charge in [-0.3, -0.25) is 9.59 Å². The standard InChI is InChI=1S/C21H22N2O3/c24-14-13-22-20(25)11-12-21(26)23-15-18-7-2-1-5-16(18)9-10-17-6-3-4-8-19(17)23/h1-10,24H,11-15H2,(H,22,25)/b10-9-. The van der Waals surface area contributed by atoms with Gasteiger partial charge < -0.3 is 15.3 Å². The summed E-state index contributed by atoms with van der Waals surface area (Å²) in [6, 6.07) is 15.8. The molecule has 0 unspecified atom stereocenters. The molecule has 0 saturated heterocycles. The fraction of sp³-hybridized carbons (Fsp3) is 0.238. The van der Waals surface area contributed by atoms with Crippen LogP contribution in [0.5, 0.6) is 0 Å². The number of anilines is 1. The first-order chi connectivity index (χ1) is 12.7. The van der Waals surface area contributed by atoms with Gasteiger partial charge in [-0.2, -0.15) is 0 Å². The monoisotopic (exact) mass is 350 g/mol. The van der Waals surface area contributed by atoms with Crippen LogP contribution in [-0.2, 0) is 16.1 Å². The zero-order chi connectivity index (χ0) is 18.4. The van der Waals surface area contributed by atoms with Crippen molar-refractivity contribution in [2.75, 3.05) is 18.1 Å². The van der Waals surface area contributed by atoms with Gasteiger partial charge in [0, 0.05) is 19.4 Å². The van der Waals surface area contributed by atoms with Gasteiger partial charge in [0.2, 0.25) is 11.8 Å². The average molecular weight is 350 g/mol. The summed E-state index contributed by atoms with van der Waals surface area (Å²) in [4.78, 5) is 26.4. The van der Waals surface area contributed by atoms with E-state index in [9.17, 15) is 9.59 Å². The van der Waals surface area contributed by atoms with Crippen molar-refractivity contribution in [2.45, 2.75) is 19.4 Å². The molecule has 5 nitrogen and oxygen atoms in total. The quantitative estimate of drug-likeness (QED) is 0.871. The summed E-state index contributed by atoms with van der Waals surface area (Å²) in [6.45, 7) is 0.564. The van der Waals surface area contributed by atoms with E-state index >= 15 is 0 Å². The lowest BCUT2D eigenvalue weighted by molar-refractivity contribution is -0.125. The minimum absolute atomic E-state index is 0.0956. The number of hydrogen-bond donors (Lipinski definition) is 2. The van der Waals surface area contributed by atoms with Gasteiger partial charge >= 0.3 is 0 Å². The fourth-order valence-electron chi connectivity index (χ4n) is 3.01. The van der Waals surface area contributed by atoms with Gasteiger partial charge in [0.05, 0.1) is 18.8 Å². The molecule has 1 aliphatic rings. The van der Waals surface area contributed by atoms with Crippen LogP contribution in [0.1, 0.15) is 29.5 Å². The van der Waals surface area contributed by atoms with Crippen LogP contribution in [-0.4, -0.2) is 30.1 Å². The van der Waals surface area contributed by atoms with Gasteiger partial charge in [-0.15, -0.1) is 0 Å². The summed E-state index contributed by atoms with van der Waals surface area (Å²) in [6.07, 6.45) is 4.31. The van der Waals surface area contributed by atoms with Crippen molar-refractivity contribution in [1.29, 1.82) is 0 Å². The van der Waals surface area contributed by atoms with Crippen molar-refractivity contribution in [3.63, 3.8) is 0 Å². The normalized spacial score (nSPS) is 13.8. The number of aliphatic hydroxyl groups excluding tert-OH is 1. The largest absolute Gasteiger partial charge is 0.395 e. The van der Waals surface area contributed by atoms with Crippen molar-refractivity contribution in [3.05, 3.63) is 65.2 Å². The zero-order valence-electron chi connectivity index (χ0n) is 14.5. The average Bonchev–Trinajstić information content (AvgIpc) is 2.66. The Morgan fingerprint density at radius 3 is 2.46 bits per heavy atom. The molecule has 0 saturated carbocycles. The molecule has 0 aliphatic carbocycles. The van der Waals surface area contributed by atoms with Gasteiger partial charge in [-0.05, 0) is 22.8 Å². The van der Waals surface area contributed by atoms with E-state index in [1.165, 1.54) is 0 Å². The molecule has 134 valence electrons. The van der Waals surface area contributed by atoms with Crippen LogP contribution in [0.4, 0.5) is 5.69 Å². The second-order valence-electron chi connectivity index (χ2n) is 6.14. The van der Waals surface area contributed by atoms with Crippen LogP contribution in [0.15, 0.2) is 48.5 Å². The molecular weight excluding hydrogens is 328 g/mol. The number of aliphatic hydroxyl groups is 1. The molecule has 0 spiro atoms. The molecule has 5 heteroatoms. The van der Waals surface area contributed by atoms with Crippen molar-refractivity contribution >= 4 is 29.7 Å². The highest BCUT2D eigenvalue weighted by Gasteiger charge is 2.21. The predicted octanol–water partition coefficient (Wildman–Crippen LogP) is 2.59. The minimum Gasteiger partial charge on any atom is -0.395 e. The number of rotatable bonds is 5. The van der Waals surface area contributed by atoms with Crippen LogP contribution in [0.2, 0.25) is 0 Å². The molecule has 0 fully saturated rings. The lowest BCUT2D eigenvalue weighted by Crippen LogP contribution is -2.33. The number of benzene rings is 2. The van der Waals surface area contributed by atoms with Crippen LogP contribution >= 0.6 is 0 Å². The molecule has 0 aromatic heterocycles. The van der Waals surface area contributed by atoms with E-state index in [-0.39, 0.29) is 37.8 Å². The Labute approximate surface area is 153 Å². The highest BCUT2D eigenvalue weighted by molar-refractivity contribution is 5.98. The van der Waals surface area contributed by atoms with E-state index in [0.29, 0.717) is 6.54 Å². The lowest BCUT2D eigenvalue weighted by atomic mass is 10.0. The summed E-state index contributed by atoms with van der Waals surface area (Å²) in [5.74, 6) is -0.324. The number of hydrogen-bond acceptors (Lipinski definition) is 3. The Bertz CT molecular complexity index is 830. The van der Waals surface area contributed by atoms with E-state index in [1.54, 1.807) is 4.90 Å². The second-order valence-corrected chi connectivity index (χ2v) is 6.14. The molecule has 2 amide bonds. The molecule has 2 N–H and O–H groups in total. The molecule has 1 heterocycles. The van der Waals surface area contributed by atoms with Crippen LogP contribution in [0, 0.1) is 0 Å². The Kier molecular flexibility index (Phi) is 5.81. The van der Waals surface area contributed by atoms with Crippen LogP contribution in [0.3, 0.4) is 0 Å². The summed E-state index contributed by atoms with van der Waals surface area (Å²) in [5, 5.41) is 11.3. The second kappa shape index (κ2) is 8.45. The van der Waals surface area contributed by atoms with E-state index in [0.717, 1.165) is 22.4 Å². The molecule has 0 radical (unpaired) electrons. The molecule has 2 aromatic carbocycles. The third-order valence-corrected chi connectivity index (χ3v) is 4.35. The first-order valence-electron chi connectivity index (χ1n) is 8.72. The maximum atomic E-state index is 12.9. The summed E-state index contributed by atoms with van der Waals surface area (Å²) in [5.41, 5.74) is 3.97. The Morgan fingerprint density at radius 2 is 1.65 bits per heavy atom. The number of nitrogens with zero attached hydrogens (tertiary/aromatic N) is 1. The Morgan fingerprint density at radius 1 is 0.962 bits per heavy atom. The predicted molar refractivity (Wildman–Crippen MR) is 102 cm³/mol. The molecular formula is C21H22N2O3. The first-order valence-corrected chi connectivity index (χ1v) is 8.72. The van der Waals surface area contributed by atoms with Crippen molar-refractivity contribution in [2.24, 2.45) is 0 Å². The Hall–Kier alpha value is -2.92. The highest BCUT2D eigenvalue weighted by atomic mass is 16.3.